The fourth-order valence-corrected chi connectivity index (χ4v) is 1.04. The zero-order valence-corrected chi connectivity index (χ0v) is 11.2. The first kappa shape index (κ1) is 15.5. The van der Waals surface area contributed by atoms with E-state index < -0.39 is 0 Å². The minimum atomic E-state index is 0.458. The molecule has 0 aromatic heterocycles. The molecule has 0 heterocycles. The SMILES string of the molecule is CC(C)C#CCCOCCOCCC(C)C. The van der Waals surface area contributed by atoms with Crippen LogP contribution in [0.15, 0.2) is 0 Å². The van der Waals surface area contributed by atoms with Crippen LogP contribution in [0.25, 0.3) is 0 Å². The molecule has 2 nitrogen and oxygen atoms in total. The van der Waals surface area contributed by atoms with Gasteiger partial charge in [0.05, 0.1) is 19.8 Å². The molecule has 0 amide bonds. The number of rotatable bonds is 8. The van der Waals surface area contributed by atoms with Crippen LogP contribution in [-0.2, 0) is 9.47 Å². The molecule has 0 aromatic rings. The van der Waals surface area contributed by atoms with Crippen molar-refractivity contribution < 1.29 is 9.47 Å². The van der Waals surface area contributed by atoms with Crippen molar-refractivity contribution in [3.05, 3.63) is 0 Å². The van der Waals surface area contributed by atoms with E-state index in [9.17, 15) is 0 Å². The molecule has 94 valence electrons. The van der Waals surface area contributed by atoms with Crippen LogP contribution >= 0.6 is 0 Å². The molecule has 0 N–H and O–H groups in total. The summed E-state index contributed by atoms with van der Waals surface area (Å²) in [5, 5.41) is 0. The van der Waals surface area contributed by atoms with Gasteiger partial charge in [-0.1, -0.05) is 27.7 Å². The zero-order valence-electron chi connectivity index (χ0n) is 11.2. The van der Waals surface area contributed by atoms with Gasteiger partial charge in [0.25, 0.3) is 0 Å². The van der Waals surface area contributed by atoms with Crippen LogP contribution < -0.4 is 0 Å². The van der Waals surface area contributed by atoms with Gasteiger partial charge in [-0.3, -0.25) is 0 Å². The highest BCUT2D eigenvalue weighted by molar-refractivity contribution is 5.00. The van der Waals surface area contributed by atoms with Gasteiger partial charge in [-0.25, -0.2) is 0 Å². The van der Waals surface area contributed by atoms with E-state index in [1.54, 1.807) is 0 Å². The first-order valence-corrected chi connectivity index (χ1v) is 6.26. The third-order valence-corrected chi connectivity index (χ3v) is 1.97. The van der Waals surface area contributed by atoms with Crippen LogP contribution in [0.1, 0.15) is 40.5 Å². The molecule has 0 saturated carbocycles. The van der Waals surface area contributed by atoms with Gasteiger partial charge < -0.3 is 9.47 Å². The molecule has 0 spiro atoms. The Balaban J connectivity index is 3.08. The largest absolute Gasteiger partial charge is 0.379 e. The lowest BCUT2D eigenvalue weighted by Gasteiger charge is -2.06. The summed E-state index contributed by atoms with van der Waals surface area (Å²) in [6.07, 6.45) is 1.95. The number of hydrogen-bond donors (Lipinski definition) is 0. The summed E-state index contributed by atoms with van der Waals surface area (Å²) in [6, 6.07) is 0. The molecule has 16 heavy (non-hydrogen) atoms. The molecule has 0 saturated heterocycles. The molecule has 0 aromatic carbocycles. The van der Waals surface area contributed by atoms with Gasteiger partial charge in [0.2, 0.25) is 0 Å². The second kappa shape index (κ2) is 11.0. The van der Waals surface area contributed by atoms with Crippen LogP contribution in [-0.4, -0.2) is 26.4 Å². The summed E-state index contributed by atoms with van der Waals surface area (Å²) in [5.41, 5.74) is 0. The van der Waals surface area contributed by atoms with Gasteiger partial charge in [0, 0.05) is 18.9 Å². The summed E-state index contributed by atoms with van der Waals surface area (Å²) in [6.45, 7) is 11.5. The van der Waals surface area contributed by atoms with E-state index in [-0.39, 0.29) is 0 Å². The van der Waals surface area contributed by atoms with Crippen molar-refractivity contribution in [2.75, 3.05) is 26.4 Å². The first-order valence-electron chi connectivity index (χ1n) is 6.26. The van der Waals surface area contributed by atoms with Crippen LogP contribution in [0.3, 0.4) is 0 Å². The highest BCUT2D eigenvalue weighted by atomic mass is 16.5. The Morgan fingerprint density at radius 3 is 2.06 bits per heavy atom. The lowest BCUT2D eigenvalue weighted by atomic mass is 10.1. The average Bonchev–Trinajstić information content (AvgIpc) is 2.20. The van der Waals surface area contributed by atoms with E-state index in [2.05, 4.69) is 39.5 Å². The predicted molar refractivity (Wildman–Crippen MR) is 68.3 cm³/mol. The van der Waals surface area contributed by atoms with Crippen molar-refractivity contribution in [1.29, 1.82) is 0 Å². The third kappa shape index (κ3) is 13.5. The van der Waals surface area contributed by atoms with E-state index in [0.29, 0.717) is 31.7 Å². The van der Waals surface area contributed by atoms with Crippen molar-refractivity contribution in [2.24, 2.45) is 11.8 Å². The Bertz CT molecular complexity index is 199. The molecule has 0 bridgehead atoms. The highest BCUT2D eigenvalue weighted by Gasteiger charge is 1.93. The van der Waals surface area contributed by atoms with Crippen molar-refractivity contribution in [3.63, 3.8) is 0 Å². The quantitative estimate of drug-likeness (QED) is 0.467. The van der Waals surface area contributed by atoms with Gasteiger partial charge in [0.15, 0.2) is 0 Å². The molecular formula is C14H26O2. The standard InChI is InChI=1S/C14H26O2/c1-13(2)7-5-6-9-15-11-12-16-10-8-14(3)4/h13-14H,6,8-12H2,1-4H3. The lowest BCUT2D eigenvalue weighted by molar-refractivity contribution is 0.0460. The van der Waals surface area contributed by atoms with Crippen molar-refractivity contribution in [3.8, 4) is 11.8 Å². The van der Waals surface area contributed by atoms with Crippen molar-refractivity contribution in [1.82, 2.24) is 0 Å². The van der Waals surface area contributed by atoms with Crippen molar-refractivity contribution >= 4 is 0 Å². The summed E-state index contributed by atoms with van der Waals surface area (Å²) >= 11 is 0. The van der Waals surface area contributed by atoms with E-state index in [1.165, 1.54) is 0 Å². The number of hydrogen-bond acceptors (Lipinski definition) is 2. The Labute approximate surface area is 101 Å². The van der Waals surface area contributed by atoms with E-state index >= 15 is 0 Å². The Morgan fingerprint density at radius 2 is 1.50 bits per heavy atom. The Morgan fingerprint density at radius 1 is 0.875 bits per heavy atom. The van der Waals surface area contributed by atoms with Gasteiger partial charge in [-0.05, 0) is 12.3 Å². The monoisotopic (exact) mass is 226 g/mol. The van der Waals surface area contributed by atoms with E-state index in [1.807, 2.05) is 0 Å². The third-order valence-electron chi connectivity index (χ3n) is 1.97. The smallest absolute Gasteiger partial charge is 0.0700 e. The second-order valence-electron chi connectivity index (χ2n) is 4.63. The maximum Gasteiger partial charge on any atom is 0.0700 e. The normalized spacial score (nSPS) is 10.6. The molecule has 0 atom stereocenters. The van der Waals surface area contributed by atoms with Crippen molar-refractivity contribution in [2.45, 2.75) is 40.5 Å². The minimum absolute atomic E-state index is 0.458. The van der Waals surface area contributed by atoms with Gasteiger partial charge >= 0.3 is 0 Å². The van der Waals surface area contributed by atoms with Gasteiger partial charge in [0.1, 0.15) is 0 Å². The molecule has 0 aliphatic rings. The summed E-state index contributed by atoms with van der Waals surface area (Å²) in [4.78, 5) is 0. The second-order valence-corrected chi connectivity index (χ2v) is 4.63. The predicted octanol–water partition coefficient (Wildman–Crippen LogP) is 3.12. The Kier molecular flexibility index (Phi) is 10.6. The molecule has 2 heteroatoms. The Hall–Kier alpha value is -0.520. The number of ether oxygens (including phenoxy) is 2. The first-order chi connectivity index (χ1) is 7.63. The van der Waals surface area contributed by atoms with Crippen LogP contribution in [0, 0.1) is 23.7 Å². The fourth-order valence-electron chi connectivity index (χ4n) is 1.04. The van der Waals surface area contributed by atoms with Gasteiger partial charge in [-0.2, -0.15) is 0 Å². The fraction of sp³-hybridized carbons (Fsp3) is 0.857. The molecule has 0 rings (SSSR count). The molecule has 0 aliphatic carbocycles. The average molecular weight is 226 g/mol. The molecule has 0 fully saturated rings. The van der Waals surface area contributed by atoms with Crippen LogP contribution in [0.4, 0.5) is 0 Å². The maximum atomic E-state index is 5.43. The van der Waals surface area contributed by atoms with E-state index in [4.69, 9.17) is 9.47 Å². The van der Waals surface area contributed by atoms with Gasteiger partial charge in [-0.15, -0.1) is 11.8 Å². The lowest BCUT2D eigenvalue weighted by Crippen LogP contribution is -2.07. The summed E-state index contributed by atoms with van der Waals surface area (Å²) < 4.78 is 10.8. The van der Waals surface area contributed by atoms with Crippen LogP contribution in [0.2, 0.25) is 0 Å². The minimum Gasteiger partial charge on any atom is -0.379 e. The molecule has 0 aliphatic heterocycles. The van der Waals surface area contributed by atoms with E-state index in [0.717, 1.165) is 19.4 Å². The molecular weight excluding hydrogens is 200 g/mol. The maximum absolute atomic E-state index is 5.43. The molecule has 0 unspecified atom stereocenters. The summed E-state index contributed by atoms with van der Waals surface area (Å²) in [7, 11) is 0. The molecule has 0 radical (unpaired) electrons. The van der Waals surface area contributed by atoms with Crippen LogP contribution in [0.5, 0.6) is 0 Å². The topological polar surface area (TPSA) is 18.5 Å². The summed E-state index contributed by atoms with van der Waals surface area (Å²) in [5.74, 6) is 7.37. The highest BCUT2D eigenvalue weighted by Crippen LogP contribution is 1.98. The zero-order chi connectivity index (χ0) is 12.2.